The molecule has 1 rings (SSSR count). The number of nitriles is 1. The minimum absolute atomic E-state index is 0.653. The highest BCUT2D eigenvalue weighted by Gasteiger charge is 1.92. The molecule has 0 aromatic heterocycles. The summed E-state index contributed by atoms with van der Waals surface area (Å²) in [5, 5.41) is 11.6. The summed E-state index contributed by atoms with van der Waals surface area (Å²) in [4.78, 5) is 0. The lowest BCUT2D eigenvalue weighted by atomic mass is 10.2. The Morgan fingerprint density at radius 3 is 2.93 bits per heavy atom. The Kier molecular flexibility index (Phi) is 5.09. The summed E-state index contributed by atoms with van der Waals surface area (Å²) in [7, 11) is 0. The number of hydrogen-bond donors (Lipinski definition) is 1. The van der Waals surface area contributed by atoms with Crippen LogP contribution in [0.2, 0.25) is 0 Å². The van der Waals surface area contributed by atoms with Crippen LogP contribution in [-0.2, 0) is 0 Å². The second-order valence-corrected chi connectivity index (χ2v) is 3.97. The molecule has 0 atom stereocenters. The molecule has 0 heterocycles. The van der Waals surface area contributed by atoms with Crippen LogP contribution in [-0.4, -0.2) is 6.54 Å². The first kappa shape index (κ1) is 11.1. The Hall–Kier alpha value is -1.01. The Bertz CT molecular complexity index is 317. The monoisotopic (exact) mass is 252 g/mol. The fourth-order valence-electron chi connectivity index (χ4n) is 1.16. The van der Waals surface area contributed by atoms with Gasteiger partial charge in [-0.15, -0.1) is 0 Å². The molecule has 0 saturated heterocycles. The van der Waals surface area contributed by atoms with Crippen LogP contribution in [0.4, 0.5) is 5.69 Å². The second kappa shape index (κ2) is 6.44. The molecular weight excluding hydrogens is 240 g/mol. The van der Waals surface area contributed by atoms with Crippen molar-refractivity contribution in [2.45, 2.75) is 19.3 Å². The summed E-state index contributed by atoms with van der Waals surface area (Å²) in [6, 6.07) is 10.2. The van der Waals surface area contributed by atoms with E-state index < -0.39 is 0 Å². The Labute approximate surface area is 93.1 Å². The summed E-state index contributed by atoms with van der Waals surface area (Å²) >= 11 is 3.41. The quantitative estimate of drug-likeness (QED) is 0.814. The normalized spacial score (nSPS) is 9.43. The molecule has 1 aromatic rings. The molecule has 1 N–H and O–H groups in total. The van der Waals surface area contributed by atoms with Crippen LogP contribution < -0.4 is 5.32 Å². The van der Waals surface area contributed by atoms with E-state index >= 15 is 0 Å². The van der Waals surface area contributed by atoms with Gasteiger partial charge in [-0.3, -0.25) is 0 Å². The van der Waals surface area contributed by atoms with Crippen LogP contribution in [0.15, 0.2) is 28.7 Å². The standard InChI is InChI=1S/C11H13BrN2/c12-10-5-4-6-11(9-10)14-8-3-1-2-7-13/h4-6,9,14H,1-3,8H2. The van der Waals surface area contributed by atoms with Gasteiger partial charge in [-0.1, -0.05) is 22.0 Å². The molecule has 0 aliphatic rings. The van der Waals surface area contributed by atoms with E-state index in [1.165, 1.54) is 0 Å². The van der Waals surface area contributed by atoms with Gasteiger partial charge in [0.05, 0.1) is 6.07 Å². The fraction of sp³-hybridized carbons (Fsp3) is 0.364. The number of benzene rings is 1. The molecule has 0 unspecified atom stereocenters. The first-order valence-corrected chi connectivity index (χ1v) is 5.48. The molecular formula is C11H13BrN2. The van der Waals surface area contributed by atoms with Crippen LogP contribution in [0, 0.1) is 11.3 Å². The molecule has 0 aliphatic heterocycles. The average Bonchev–Trinajstić information content (AvgIpc) is 2.18. The predicted octanol–water partition coefficient (Wildman–Crippen LogP) is 3.55. The first-order valence-electron chi connectivity index (χ1n) is 4.69. The lowest BCUT2D eigenvalue weighted by Gasteiger charge is -2.05. The van der Waals surface area contributed by atoms with Crippen LogP contribution in [0.3, 0.4) is 0 Å². The van der Waals surface area contributed by atoms with Gasteiger partial charge >= 0.3 is 0 Å². The SMILES string of the molecule is N#CCCCCNc1cccc(Br)c1. The summed E-state index contributed by atoms with van der Waals surface area (Å²) in [5.74, 6) is 0. The van der Waals surface area contributed by atoms with Gasteiger partial charge in [0.15, 0.2) is 0 Å². The zero-order valence-electron chi connectivity index (χ0n) is 7.96. The van der Waals surface area contributed by atoms with Crippen molar-refractivity contribution in [2.24, 2.45) is 0 Å². The van der Waals surface area contributed by atoms with E-state index in [1.54, 1.807) is 0 Å². The van der Waals surface area contributed by atoms with Crippen LogP contribution >= 0.6 is 15.9 Å². The molecule has 1 aromatic carbocycles. The van der Waals surface area contributed by atoms with E-state index in [2.05, 4.69) is 27.3 Å². The highest BCUT2D eigenvalue weighted by atomic mass is 79.9. The third-order valence-corrected chi connectivity index (χ3v) is 2.36. The van der Waals surface area contributed by atoms with Gasteiger partial charge in [0, 0.05) is 23.1 Å². The maximum atomic E-state index is 8.34. The van der Waals surface area contributed by atoms with E-state index in [0.717, 1.165) is 29.5 Å². The van der Waals surface area contributed by atoms with Crippen LogP contribution in [0.25, 0.3) is 0 Å². The number of anilines is 1. The average molecular weight is 253 g/mol. The lowest BCUT2D eigenvalue weighted by Crippen LogP contribution is -2.00. The number of rotatable bonds is 5. The highest BCUT2D eigenvalue weighted by molar-refractivity contribution is 9.10. The molecule has 3 heteroatoms. The fourth-order valence-corrected chi connectivity index (χ4v) is 1.56. The molecule has 2 nitrogen and oxygen atoms in total. The van der Waals surface area contributed by atoms with E-state index in [0.29, 0.717) is 6.42 Å². The Balaban J connectivity index is 2.22. The summed E-state index contributed by atoms with van der Waals surface area (Å²) in [5.41, 5.74) is 1.12. The van der Waals surface area contributed by atoms with E-state index in [-0.39, 0.29) is 0 Å². The van der Waals surface area contributed by atoms with Crippen LogP contribution in [0.5, 0.6) is 0 Å². The van der Waals surface area contributed by atoms with E-state index in [1.807, 2.05) is 24.3 Å². The molecule has 0 spiro atoms. The topological polar surface area (TPSA) is 35.8 Å². The van der Waals surface area contributed by atoms with Gasteiger partial charge in [0.1, 0.15) is 0 Å². The summed E-state index contributed by atoms with van der Waals surface area (Å²) in [6.45, 7) is 0.929. The van der Waals surface area contributed by atoms with E-state index in [9.17, 15) is 0 Å². The van der Waals surface area contributed by atoms with Gasteiger partial charge in [-0.25, -0.2) is 0 Å². The number of unbranched alkanes of at least 4 members (excludes halogenated alkanes) is 2. The van der Waals surface area contributed by atoms with Crippen molar-refractivity contribution in [1.82, 2.24) is 0 Å². The number of nitrogens with zero attached hydrogens (tertiary/aromatic N) is 1. The molecule has 0 aliphatic carbocycles. The van der Waals surface area contributed by atoms with Gasteiger partial charge < -0.3 is 5.32 Å². The molecule has 0 radical (unpaired) electrons. The molecule has 74 valence electrons. The zero-order valence-corrected chi connectivity index (χ0v) is 9.55. The van der Waals surface area contributed by atoms with Gasteiger partial charge in [-0.05, 0) is 31.0 Å². The summed E-state index contributed by atoms with van der Waals surface area (Å²) < 4.78 is 1.08. The van der Waals surface area contributed by atoms with Crippen molar-refractivity contribution in [3.63, 3.8) is 0 Å². The lowest BCUT2D eigenvalue weighted by molar-refractivity contribution is 0.784. The summed E-state index contributed by atoms with van der Waals surface area (Å²) in [6.07, 6.45) is 2.66. The third-order valence-electron chi connectivity index (χ3n) is 1.87. The second-order valence-electron chi connectivity index (χ2n) is 3.05. The van der Waals surface area contributed by atoms with Gasteiger partial charge in [-0.2, -0.15) is 5.26 Å². The van der Waals surface area contributed by atoms with Crippen molar-refractivity contribution >= 4 is 21.6 Å². The third kappa shape index (κ3) is 4.29. The minimum atomic E-state index is 0.653. The zero-order chi connectivity index (χ0) is 10.2. The molecule has 0 amide bonds. The van der Waals surface area contributed by atoms with Crippen molar-refractivity contribution in [3.05, 3.63) is 28.7 Å². The molecule has 0 bridgehead atoms. The van der Waals surface area contributed by atoms with Gasteiger partial charge in [0.2, 0.25) is 0 Å². The van der Waals surface area contributed by atoms with Crippen LogP contribution in [0.1, 0.15) is 19.3 Å². The van der Waals surface area contributed by atoms with Crippen molar-refractivity contribution in [3.8, 4) is 6.07 Å². The Morgan fingerprint density at radius 2 is 2.21 bits per heavy atom. The van der Waals surface area contributed by atoms with E-state index in [4.69, 9.17) is 5.26 Å². The largest absolute Gasteiger partial charge is 0.385 e. The predicted molar refractivity (Wildman–Crippen MR) is 62.1 cm³/mol. The van der Waals surface area contributed by atoms with Gasteiger partial charge in [0.25, 0.3) is 0 Å². The molecule has 0 fully saturated rings. The van der Waals surface area contributed by atoms with Crippen molar-refractivity contribution in [2.75, 3.05) is 11.9 Å². The highest BCUT2D eigenvalue weighted by Crippen LogP contribution is 2.15. The minimum Gasteiger partial charge on any atom is -0.385 e. The number of halogens is 1. The maximum Gasteiger partial charge on any atom is 0.0621 e. The van der Waals surface area contributed by atoms with Crippen molar-refractivity contribution < 1.29 is 0 Å². The number of nitrogens with one attached hydrogen (secondary N) is 1. The van der Waals surface area contributed by atoms with Crippen molar-refractivity contribution in [1.29, 1.82) is 5.26 Å². The molecule has 0 saturated carbocycles. The molecule has 14 heavy (non-hydrogen) atoms. The number of hydrogen-bond acceptors (Lipinski definition) is 2. The maximum absolute atomic E-state index is 8.34. The smallest absolute Gasteiger partial charge is 0.0621 e. The Morgan fingerprint density at radius 1 is 1.36 bits per heavy atom. The first-order chi connectivity index (χ1) is 6.83.